The first-order chi connectivity index (χ1) is 16.8. The number of carbonyl (C=O) groups excluding carboxylic acids is 2. The van der Waals surface area contributed by atoms with E-state index in [1.165, 1.54) is 11.0 Å². The molecule has 3 rings (SSSR count). The third-order valence-corrected chi connectivity index (χ3v) is 5.58. The Labute approximate surface area is 201 Å². The molecule has 1 aromatic carbocycles. The summed E-state index contributed by atoms with van der Waals surface area (Å²) >= 11 is 0. The van der Waals surface area contributed by atoms with E-state index in [4.69, 9.17) is 4.74 Å². The van der Waals surface area contributed by atoms with Crippen LogP contribution in [0.15, 0.2) is 42.6 Å². The Hall–Kier alpha value is -3.38. The maximum Gasteiger partial charge on any atom is 0.414 e. The van der Waals surface area contributed by atoms with E-state index in [9.17, 15) is 18.4 Å². The molecule has 0 bridgehead atoms. The lowest BCUT2D eigenvalue weighted by Crippen LogP contribution is -2.41. The van der Waals surface area contributed by atoms with Crippen molar-refractivity contribution in [3.63, 3.8) is 0 Å². The Morgan fingerprint density at radius 1 is 1.29 bits per heavy atom. The quantitative estimate of drug-likeness (QED) is 0.438. The number of ether oxygens (including phenoxy) is 1. The van der Waals surface area contributed by atoms with Crippen LogP contribution in [0.4, 0.5) is 29.3 Å². The number of carbonyl (C=O) groups is 2. The zero-order valence-electron chi connectivity index (χ0n) is 19.6. The van der Waals surface area contributed by atoms with E-state index in [2.05, 4.69) is 10.4 Å². The van der Waals surface area contributed by atoms with Gasteiger partial charge in [0.05, 0.1) is 36.7 Å². The number of rotatable bonds is 12. The molecule has 1 atom stereocenters. The van der Waals surface area contributed by atoms with Crippen molar-refractivity contribution in [2.75, 3.05) is 49.6 Å². The number of aromatic nitrogens is 1. The monoisotopic (exact) mass is 494 g/mol. The summed E-state index contributed by atoms with van der Waals surface area (Å²) in [5.74, 6) is -1.95. The minimum atomic E-state index is -3.15. The molecular weight excluding hydrogens is 465 g/mol. The van der Waals surface area contributed by atoms with E-state index in [1.807, 2.05) is 47.4 Å². The molecule has 9 nitrogen and oxygen atoms in total. The van der Waals surface area contributed by atoms with Crippen molar-refractivity contribution in [2.24, 2.45) is 0 Å². The van der Waals surface area contributed by atoms with E-state index >= 15 is 4.39 Å². The molecule has 12 heteroatoms. The van der Waals surface area contributed by atoms with Crippen LogP contribution in [0, 0.1) is 5.82 Å². The number of hydrogen-bond acceptors (Lipinski definition) is 7. The number of nitrogens with zero attached hydrogens (tertiary/aromatic N) is 4. The molecule has 1 fully saturated rings. The third kappa shape index (κ3) is 7.06. The van der Waals surface area contributed by atoms with Crippen molar-refractivity contribution in [1.29, 1.82) is 0 Å². The average Bonchev–Trinajstić information content (AvgIpc) is 3.23. The molecule has 2 aromatic rings. The lowest BCUT2D eigenvalue weighted by Gasteiger charge is -2.28. The molecule has 1 aliphatic heterocycles. The lowest BCUT2D eigenvalue weighted by atomic mass is 10.2. The first kappa shape index (κ1) is 26.2. The Bertz CT molecular complexity index is 998. The minimum Gasteiger partial charge on any atom is -0.442 e. The molecule has 35 heavy (non-hydrogen) atoms. The number of hydrazine groups is 1. The second kappa shape index (κ2) is 12.4. The number of pyridine rings is 1. The highest BCUT2D eigenvalue weighted by Crippen LogP contribution is 2.28. The second-order valence-electron chi connectivity index (χ2n) is 7.84. The molecule has 0 unspecified atom stereocenters. The van der Waals surface area contributed by atoms with Gasteiger partial charge in [-0.15, -0.1) is 0 Å². The van der Waals surface area contributed by atoms with Gasteiger partial charge in [-0.3, -0.25) is 20.1 Å². The van der Waals surface area contributed by atoms with E-state index in [0.29, 0.717) is 31.9 Å². The van der Waals surface area contributed by atoms with E-state index < -0.39 is 30.3 Å². The number of alkyl halides is 2. The van der Waals surface area contributed by atoms with Gasteiger partial charge in [-0.2, -0.15) is 8.78 Å². The highest BCUT2D eigenvalue weighted by molar-refractivity contribution is 5.90. The zero-order valence-corrected chi connectivity index (χ0v) is 19.6. The van der Waals surface area contributed by atoms with Gasteiger partial charge in [0.1, 0.15) is 11.9 Å². The predicted octanol–water partition coefficient (Wildman–Crippen LogP) is 2.39. The van der Waals surface area contributed by atoms with Gasteiger partial charge in [0, 0.05) is 25.8 Å². The molecule has 2 heterocycles. The van der Waals surface area contributed by atoms with Gasteiger partial charge in [0.25, 0.3) is 5.91 Å². The SMILES string of the molecule is CCN(CCN(Cc1ccccn1)NC)c1ccc(N2C[C@H](CNC(=O)C(F)F)OC2=O)cc1F. The molecular formula is C23H29F3N6O3. The van der Waals surface area contributed by atoms with E-state index in [-0.39, 0.29) is 18.8 Å². The average molecular weight is 495 g/mol. The van der Waals surface area contributed by atoms with Crippen LogP contribution in [0.25, 0.3) is 0 Å². The number of halogens is 3. The fourth-order valence-electron chi connectivity index (χ4n) is 3.70. The number of benzene rings is 1. The highest BCUT2D eigenvalue weighted by Gasteiger charge is 2.33. The van der Waals surface area contributed by atoms with Crippen molar-refractivity contribution in [3.05, 3.63) is 54.1 Å². The molecule has 0 radical (unpaired) electrons. The third-order valence-electron chi connectivity index (χ3n) is 5.58. The van der Waals surface area contributed by atoms with Crippen molar-refractivity contribution >= 4 is 23.4 Å². The number of nitrogens with one attached hydrogen (secondary N) is 2. The van der Waals surface area contributed by atoms with Gasteiger partial charge in [-0.1, -0.05) is 6.07 Å². The molecule has 0 aliphatic carbocycles. The van der Waals surface area contributed by atoms with Gasteiger partial charge in [-0.05, 0) is 44.3 Å². The van der Waals surface area contributed by atoms with Gasteiger partial charge < -0.3 is 15.0 Å². The molecule has 190 valence electrons. The minimum absolute atomic E-state index is 0.00326. The van der Waals surface area contributed by atoms with Crippen LogP contribution < -0.4 is 20.5 Å². The summed E-state index contributed by atoms with van der Waals surface area (Å²) in [6.45, 7) is 3.97. The van der Waals surface area contributed by atoms with Crippen molar-refractivity contribution in [2.45, 2.75) is 26.0 Å². The molecule has 2 N–H and O–H groups in total. The molecule has 0 spiro atoms. The number of amides is 2. The highest BCUT2D eigenvalue weighted by atomic mass is 19.3. The van der Waals surface area contributed by atoms with Crippen molar-refractivity contribution < 1.29 is 27.5 Å². The molecule has 2 amide bonds. The van der Waals surface area contributed by atoms with Crippen molar-refractivity contribution in [1.82, 2.24) is 20.7 Å². The number of likely N-dealkylation sites (N-methyl/N-ethyl adjacent to an activating group) is 1. The summed E-state index contributed by atoms with van der Waals surface area (Å²) in [6.07, 6.45) is -2.97. The molecule has 0 saturated carbocycles. The predicted molar refractivity (Wildman–Crippen MR) is 125 cm³/mol. The smallest absolute Gasteiger partial charge is 0.414 e. The molecule has 1 aromatic heterocycles. The number of cyclic esters (lactones) is 1. The maximum atomic E-state index is 15.1. The summed E-state index contributed by atoms with van der Waals surface area (Å²) in [4.78, 5) is 30.6. The fourth-order valence-corrected chi connectivity index (χ4v) is 3.70. The normalized spacial score (nSPS) is 15.6. The second-order valence-corrected chi connectivity index (χ2v) is 7.84. The number of anilines is 2. The van der Waals surface area contributed by atoms with Crippen LogP contribution in [-0.4, -0.2) is 74.3 Å². The number of hydrogen-bond donors (Lipinski definition) is 2. The first-order valence-corrected chi connectivity index (χ1v) is 11.2. The first-order valence-electron chi connectivity index (χ1n) is 11.2. The van der Waals surface area contributed by atoms with Crippen LogP contribution >= 0.6 is 0 Å². The Morgan fingerprint density at radius 2 is 2.09 bits per heavy atom. The summed E-state index contributed by atoms with van der Waals surface area (Å²) in [6, 6.07) is 10.1. The summed E-state index contributed by atoms with van der Waals surface area (Å²) < 4.78 is 44.8. The van der Waals surface area contributed by atoms with Crippen molar-refractivity contribution in [3.8, 4) is 0 Å². The van der Waals surface area contributed by atoms with Crippen LogP contribution in [0.5, 0.6) is 0 Å². The van der Waals surface area contributed by atoms with Crippen LogP contribution in [0.1, 0.15) is 12.6 Å². The Morgan fingerprint density at radius 3 is 2.71 bits per heavy atom. The van der Waals surface area contributed by atoms with E-state index in [1.54, 1.807) is 18.3 Å². The molecule has 1 aliphatic rings. The van der Waals surface area contributed by atoms with Crippen LogP contribution in [-0.2, 0) is 16.1 Å². The Balaban J connectivity index is 1.60. The topological polar surface area (TPSA) is 90.0 Å². The summed E-state index contributed by atoms with van der Waals surface area (Å²) in [5.41, 5.74) is 4.70. The summed E-state index contributed by atoms with van der Waals surface area (Å²) in [5, 5.41) is 3.99. The van der Waals surface area contributed by atoms with Gasteiger partial charge in [0.2, 0.25) is 0 Å². The van der Waals surface area contributed by atoms with Crippen LogP contribution in [0.2, 0.25) is 0 Å². The fraction of sp³-hybridized carbons (Fsp3) is 0.435. The van der Waals surface area contributed by atoms with Gasteiger partial charge in [-0.25, -0.2) is 14.2 Å². The largest absolute Gasteiger partial charge is 0.442 e. The summed E-state index contributed by atoms with van der Waals surface area (Å²) in [7, 11) is 1.82. The molecule has 1 saturated heterocycles. The van der Waals surface area contributed by atoms with Gasteiger partial charge >= 0.3 is 12.5 Å². The Kier molecular flexibility index (Phi) is 9.26. The standard InChI is InChI=1S/C23H29F3N6O3/c1-3-30(10-11-31(27-2)14-16-6-4-5-9-28-16)20-8-7-17(12-19(20)24)32-15-18(35-23(32)34)13-29-22(33)21(25)26/h4-9,12,18,21,27H,3,10-11,13-15H2,1-2H3,(H,29,33)/t18-/m0/s1. The van der Waals surface area contributed by atoms with Gasteiger partial charge in [0.15, 0.2) is 0 Å². The van der Waals surface area contributed by atoms with Crippen LogP contribution in [0.3, 0.4) is 0 Å². The zero-order chi connectivity index (χ0) is 25.4. The lowest BCUT2D eigenvalue weighted by molar-refractivity contribution is -0.132. The van der Waals surface area contributed by atoms with E-state index in [0.717, 1.165) is 5.69 Å². The maximum absolute atomic E-state index is 15.1.